The molecule has 9 nitrogen and oxygen atoms in total. The first-order valence-electron chi connectivity index (χ1n) is 12.9. The van der Waals surface area contributed by atoms with Gasteiger partial charge in [-0.2, -0.15) is 0 Å². The molecule has 1 N–H and O–H groups in total. The molecule has 0 aliphatic rings. The summed E-state index contributed by atoms with van der Waals surface area (Å²) in [7, 11) is -1.31. The number of anilines is 1. The number of hydrogen-bond acceptors (Lipinski definition) is 6. The summed E-state index contributed by atoms with van der Waals surface area (Å²) in [6.45, 7) is 6.42. The van der Waals surface area contributed by atoms with Crippen molar-refractivity contribution in [3.63, 3.8) is 0 Å². The maximum Gasteiger partial charge on any atom is 0.264 e. The van der Waals surface area contributed by atoms with E-state index in [-0.39, 0.29) is 17.1 Å². The van der Waals surface area contributed by atoms with Gasteiger partial charge in [0.15, 0.2) is 0 Å². The maximum absolute atomic E-state index is 14.0. The number of amides is 2. The van der Waals surface area contributed by atoms with Gasteiger partial charge in [0.05, 0.1) is 24.8 Å². The minimum absolute atomic E-state index is 0.00854. The molecule has 1 atom stereocenters. The van der Waals surface area contributed by atoms with Gasteiger partial charge in [-0.1, -0.05) is 12.1 Å². The van der Waals surface area contributed by atoms with Crippen LogP contribution in [0.2, 0.25) is 0 Å². The Kier molecular flexibility index (Phi) is 9.98. The van der Waals surface area contributed by atoms with Crippen LogP contribution in [0.3, 0.4) is 0 Å². The fourth-order valence-electron chi connectivity index (χ4n) is 4.04. The lowest BCUT2D eigenvalue weighted by molar-refractivity contribution is -0.140. The van der Waals surface area contributed by atoms with Crippen LogP contribution in [0, 0.1) is 5.82 Å². The first kappa shape index (κ1) is 31.4. The van der Waals surface area contributed by atoms with Crippen LogP contribution in [-0.4, -0.2) is 57.5 Å². The molecule has 0 aliphatic carbocycles. The predicted molar refractivity (Wildman–Crippen MR) is 155 cm³/mol. The fourth-order valence-corrected chi connectivity index (χ4v) is 5.45. The standard InChI is InChI=1S/C30H36FN3O6S/c1-21(29(36)32-30(2,3)4)33(19-22-8-7-9-26(18-22)40-6)28(35)20-34(24-12-10-23(31)11-13-24)41(37,38)27-16-14-25(39-5)15-17-27/h7-18,21H,19-20H2,1-6H3,(H,32,36). The van der Waals surface area contributed by atoms with Gasteiger partial charge < -0.3 is 19.7 Å². The SMILES string of the molecule is COc1ccc(S(=O)(=O)N(CC(=O)N(Cc2cccc(OC)c2)C(C)C(=O)NC(C)(C)C)c2ccc(F)cc2)cc1. The Bertz CT molecular complexity index is 1450. The number of methoxy groups -OCH3 is 2. The largest absolute Gasteiger partial charge is 0.497 e. The molecule has 0 bridgehead atoms. The summed E-state index contributed by atoms with van der Waals surface area (Å²) < 4.78 is 52.8. The molecule has 3 aromatic carbocycles. The molecule has 0 aliphatic heterocycles. The monoisotopic (exact) mass is 585 g/mol. The Morgan fingerprint density at radius 3 is 2.10 bits per heavy atom. The zero-order valence-electron chi connectivity index (χ0n) is 24.0. The second-order valence-electron chi connectivity index (χ2n) is 10.5. The van der Waals surface area contributed by atoms with Crippen molar-refractivity contribution in [2.75, 3.05) is 25.1 Å². The number of sulfonamides is 1. The van der Waals surface area contributed by atoms with Crippen LogP contribution in [-0.2, 0) is 26.2 Å². The Labute approximate surface area is 240 Å². The highest BCUT2D eigenvalue weighted by Crippen LogP contribution is 2.26. The molecule has 220 valence electrons. The van der Waals surface area contributed by atoms with Crippen molar-refractivity contribution in [2.45, 2.75) is 50.7 Å². The highest BCUT2D eigenvalue weighted by atomic mass is 32.2. The van der Waals surface area contributed by atoms with E-state index in [1.165, 1.54) is 55.5 Å². The number of benzene rings is 3. The van der Waals surface area contributed by atoms with Crippen molar-refractivity contribution in [1.29, 1.82) is 0 Å². The van der Waals surface area contributed by atoms with Crippen molar-refractivity contribution in [3.8, 4) is 11.5 Å². The maximum atomic E-state index is 14.0. The summed E-state index contributed by atoms with van der Waals surface area (Å²) in [5, 5.41) is 2.88. The van der Waals surface area contributed by atoms with E-state index in [9.17, 15) is 22.4 Å². The van der Waals surface area contributed by atoms with E-state index in [0.717, 1.165) is 16.4 Å². The Hall–Kier alpha value is -4.12. The van der Waals surface area contributed by atoms with Gasteiger partial charge in [-0.25, -0.2) is 12.8 Å². The quantitative estimate of drug-likeness (QED) is 0.358. The molecule has 0 saturated carbocycles. The van der Waals surface area contributed by atoms with Gasteiger partial charge in [0.1, 0.15) is 29.9 Å². The van der Waals surface area contributed by atoms with Crippen LogP contribution < -0.4 is 19.1 Å². The number of rotatable bonds is 11. The zero-order chi connectivity index (χ0) is 30.4. The Morgan fingerprint density at radius 1 is 0.927 bits per heavy atom. The minimum Gasteiger partial charge on any atom is -0.497 e. The molecule has 0 radical (unpaired) electrons. The molecule has 0 fully saturated rings. The van der Waals surface area contributed by atoms with E-state index >= 15 is 0 Å². The third-order valence-corrected chi connectivity index (χ3v) is 7.98. The number of carbonyl (C=O) groups is 2. The molecule has 1 unspecified atom stereocenters. The summed E-state index contributed by atoms with van der Waals surface area (Å²) in [6, 6.07) is 16.6. The van der Waals surface area contributed by atoms with E-state index in [1.807, 2.05) is 20.8 Å². The second kappa shape index (κ2) is 13.0. The number of carbonyl (C=O) groups excluding carboxylic acids is 2. The van der Waals surface area contributed by atoms with E-state index in [2.05, 4.69) is 5.32 Å². The fraction of sp³-hybridized carbons (Fsp3) is 0.333. The molecular formula is C30H36FN3O6S. The third kappa shape index (κ3) is 8.20. The highest BCUT2D eigenvalue weighted by Gasteiger charge is 2.33. The molecule has 41 heavy (non-hydrogen) atoms. The predicted octanol–water partition coefficient (Wildman–Crippen LogP) is 4.37. The number of hydrogen-bond donors (Lipinski definition) is 1. The van der Waals surface area contributed by atoms with Crippen molar-refractivity contribution in [1.82, 2.24) is 10.2 Å². The van der Waals surface area contributed by atoms with Crippen molar-refractivity contribution in [3.05, 3.63) is 84.2 Å². The van der Waals surface area contributed by atoms with Crippen LogP contribution in [0.1, 0.15) is 33.3 Å². The summed E-state index contributed by atoms with van der Waals surface area (Å²) >= 11 is 0. The van der Waals surface area contributed by atoms with Crippen LogP contribution in [0.25, 0.3) is 0 Å². The van der Waals surface area contributed by atoms with Gasteiger partial charge in [0.2, 0.25) is 11.8 Å². The van der Waals surface area contributed by atoms with Gasteiger partial charge in [-0.3, -0.25) is 13.9 Å². The lowest BCUT2D eigenvalue weighted by atomic mass is 10.1. The third-order valence-electron chi connectivity index (χ3n) is 6.19. The van der Waals surface area contributed by atoms with E-state index < -0.39 is 45.8 Å². The van der Waals surface area contributed by atoms with Crippen LogP contribution in [0.5, 0.6) is 11.5 Å². The molecule has 0 spiro atoms. The van der Waals surface area contributed by atoms with Gasteiger partial charge in [0.25, 0.3) is 10.0 Å². The summed E-state index contributed by atoms with van der Waals surface area (Å²) in [5.74, 6) is -0.576. The first-order valence-corrected chi connectivity index (χ1v) is 14.4. The van der Waals surface area contributed by atoms with Crippen molar-refractivity contribution in [2.24, 2.45) is 0 Å². The van der Waals surface area contributed by atoms with E-state index in [4.69, 9.17) is 9.47 Å². The molecule has 3 rings (SSSR count). The normalized spacial score (nSPS) is 12.3. The average Bonchev–Trinajstić information content (AvgIpc) is 2.93. The topological polar surface area (TPSA) is 105 Å². The van der Waals surface area contributed by atoms with Crippen LogP contribution >= 0.6 is 0 Å². The lowest BCUT2D eigenvalue weighted by Gasteiger charge is -2.33. The molecule has 0 saturated heterocycles. The molecular weight excluding hydrogens is 549 g/mol. The van der Waals surface area contributed by atoms with Gasteiger partial charge in [0, 0.05) is 12.1 Å². The Morgan fingerprint density at radius 2 is 1.54 bits per heavy atom. The zero-order valence-corrected chi connectivity index (χ0v) is 24.9. The smallest absolute Gasteiger partial charge is 0.264 e. The van der Waals surface area contributed by atoms with Gasteiger partial charge in [-0.15, -0.1) is 0 Å². The van der Waals surface area contributed by atoms with Crippen molar-refractivity contribution >= 4 is 27.5 Å². The summed E-state index contributed by atoms with van der Waals surface area (Å²) in [4.78, 5) is 28.4. The summed E-state index contributed by atoms with van der Waals surface area (Å²) in [6.07, 6.45) is 0. The summed E-state index contributed by atoms with van der Waals surface area (Å²) in [5.41, 5.74) is 0.205. The van der Waals surface area contributed by atoms with Crippen LogP contribution in [0.15, 0.2) is 77.7 Å². The molecule has 0 heterocycles. The van der Waals surface area contributed by atoms with Gasteiger partial charge in [-0.05, 0) is 93.9 Å². The molecule has 0 aromatic heterocycles. The molecule has 11 heteroatoms. The van der Waals surface area contributed by atoms with E-state index in [0.29, 0.717) is 17.1 Å². The van der Waals surface area contributed by atoms with E-state index in [1.54, 1.807) is 31.2 Å². The van der Waals surface area contributed by atoms with Gasteiger partial charge >= 0.3 is 0 Å². The van der Waals surface area contributed by atoms with Crippen molar-refractivity contribution < 1.29 is 31.9 Å². The van der Waals surface area contributed by atoms with Crippen LogP contribution in [0.4, 0.5) is 10.1 Å². The number of ether oxygens (including phenoxy) is 2. The molecule has 3 aromatic rings. The average molecular weight is 586 g/mol. The lowest BCUT2D eigenvalue weighted by Crippen LogP contribution is -2.54. The minimum atomic E-state index is -4.29. The number of nitrogens with zero attached hydrogens (tertiary/aromatic N) is 2. The second-order valence-corrected chi connectivity index (χ2v) is 12.3. The Balaban J connectivity index is 2.04. The highest BCUT2D eigenvalue weighted by molar-refractivity contribution is 7.92. The number of halogens is 1. The number of nitrogens with one attached hydrogen (secondary N) is 1. The first-order chi connectivity index (χ1) is 19.2. The molecule has 2 amide bonds.